The zero-order valence-corrected chi connectivity index (χ0v) is 19.0. The van der Waals surface area contributed by atoms with Crippen LogP contribution in [0.15, 0.2) is 59.8 Å². The summed E-state index contributed by atoms with van der Waals surface area (Å²) >= 11 is 5.91. The molecule has 0 saturated carbocycles. The molecule has 0 spiro atoms. The van der Waals surface area contributed by atoms with Crippen LogP contribution in [0.5, 0.6) is 0 Å². The minimum Gasteiger partial charge on any atom is -0.478 e. The Kier molecular flexibility index (Phi) is 7.98. The summed E-state index contributed by atoms with van der Waals surface area (Å²) in [6, 6.07) is 10.7. The molecule has 1 unspecified atom stereocenters. The lowest BCUT2D eigenvalue weighted by atomic mass is 9.93. The predicted molar refractivity (Wildman–Crippen MR) is 125 cm³/mol. The van der Waals surface area contributed by atoms with Crippen LogP contribution in [-0.4, -0.2) is 52.3 Å². The number of nitrogens with one attached hydrogen (secondary N) is 2. The number of carboxylic acid groups (broad SMARTS) is 1. The molecule has 178 valence electrons. The lowest BCUT2D eigenvalue weighted by molar-refractivity contribution is -0.384. The number of nitro groups is 1. The van der Waals surface area contributed by atoms with Gasteiger partial charge in [0.1, 0.15) is 0 Å². The van der Waals surface area contributed by atoms with Crippen LogP contribution in [0.25, 0.3) is 0 Å². The SMILES string of the molecule is CC1=C(C(=O)O)C(c2cccc([N+](=O)[O-])c2)N(CCCNCC(=O)c2cccc(Cl)c2)C(=O)N1. The van der Waals surface area contributed by atoms with E-state index in [9.17, 15) is 29.6 Å². The first-order valence-corrected chi connectivity index (χ1v) is 10.8. The number of carbonyl (C=O) groups is 3. The fourth-order valence-corrected chi connectivity index (χ4v) is 3.97. The number of nitrogens with zero attached hydrogens (tertiary/aromatic N) is 2. The minimum atomic E-state index is -1.23. The van der Waals surface area contributed by atoms with Gasteiger partial charge in [-0.15, -0.1) is 0 Å². The average Bonchev–Trinajstić information content (AvgIpc) is 2.79. The standard InChI is InChI=1S/C23H23ClN4O6/c1-14-20(22(30)31)21(16-6-3-8-18(12-16)28(33)34)27(23(32)26-14)10-4-9-25-13-19(29)15-5-2-7-17(24)11-15/h2-3,5-8,11-12,21,25H,4,9-10,13H2,1H3,(H,26,32)(H,30,31). The molecule has 1 aliphatic rings. The summed E-state index contributed by atoms with van der Waals surface area (Å²) < 4.78 is 0. The molecule has 10 nitrogen and oxygen atoms in total. The van der Waals surface area contributed by atoms with Gasteiger partial charge in [0.2, 0.25) is 0 Å². The first kappa shape index (κ1) is 24.9. The second kappa shape index (κ2) is 10.9. The second-order valence-corrected chi connectivity index (χ2v) is 8.12. The minimum absolute atomic E-state index is 0.0656. The number of urea groups is 1. The van der Waals surface area contributed by atoms with Crippen LogP contribution in [0.4, 0.5) is 10.5 Å². The number of rotatable bonds is 10. The maximum absolute atomic E-state index is 12.7. The normalized spacial score (nSPS) is 15.8. The van der Waals surface area contributed by atoms with E-state index >= 15 is 0 Å². The highest BCUT2D eigenvalue weighted by molar-refractivity contribution is 6.31. The number of hydrogen-bond acceptors (Lipinski definition) is 6. The molecule has 0 bridgehead atoms. The smallest absolute Gasteiger partial charge is 0.335 e. The quantitative estimate of drug-likeness (QED) is 0.202. The van der Waals surface area contributed by atoms with Crippen LogP contribution in [0.1, 0.15) is 35.3 Å². The van der Waals surface area contributed by atoms with Gasteiger partial charge in [0.05, 0.1) is 23.1 Å². The molecule has 2 amide bonds. The van der Waals surface area contributed by atoms with Crippen molar-refractivity contribution in [1.29, 1.82) is 0 Å². The molecule has 0 fully saturated rings. The number of amides is 2. The number of non-ortho nitro benzene ring substituents is 1. The molecule has 1 atom stereocenters. The number of carboxylic acids is 1. The second-order valence-electron chi connectivity index (χ2n) is 7.69. The molecule has 2 aromatic rings. The van der Waals surface area contributed by atoms with E-state index in [1.807, 2.05) is 0 Å². The number of halogens is 1. The predicted octanol–water partition coefficient (Wildman–Crippen LogP) is 3.54. The van der Waals surface area contributed by atoms with Gasteiger partial charge >= 0.3 is 12.0 Å². The van der Waals surface area contributed by atoms with E-state index < -0.39 is 23.0 Å². The summed E-state index contributed by atoms with van der Waals surface area (Å²) in [5.41, 5.74) is 0.712. The molecule has 3 rings (SSSR count). The zero-order chi connectivity index (χ0) is 24.8. The largest absolute Gasteiger partial charge is 0.478 e. The van der Waals surface area contributed by atoms with Gasteiger partial charge in [-0.1, -0.05) is 35.9 Å². The Balaban J connectivity index is 1.71. The highest BCUT2D eigenvalue weighted by Gasteiger charge is 2.37. The van der Waals surface area contributed by atoms with Crippen molar-refractivity contribution in [2.45, 2.75) is 19.4 Å². The number of hydrogen-bond donors (Lipinski definition) is 3. The topological polar surface area (TPSA) is 142 Å². The van der Waals surface area contributed by atoms with E-state index in [0.717, 1.165) is 0 Å². The Hall–Kier alpha value is -3.76. The number of nitro benzene ring substituents is 1. The van der Waals surface area contributed by atoms with Crippen molar-refractivity contribution in [3.8, 4) is 0 Å². The van der Waals surface area contributed by atoms with Crippen molar-refractivity contribution < 1.29 is 24.4 Å². The first-order valence-electron chi connectivity index (χ1n) is 10.4. The zero-order valence-electron chi connectivity index (χ0n) is 18.3. The lowest BCUT2D eigenvalue weighted by Crippen LogP contribution is -2.49. The van der Waals surface area contributed by atoms with Crippen molar-refractivity contribution in [3.63, 3.8) is 0 Å². The van der Waals surface area contributed by atoms with Gasteiger partial charge in [-0.05, 0) is 37.6 Å². The van der Waals surface area contributed by atoms with Crippen LogP contribution in [0.3, 0.4) is 0 Å². The molecule has 0 aliphatic carbocycles. The number of carbonyl (C=O) groups excluding carboxylic acids is 2. The molecule has 1 aliphatic heterocycles. The third kappa shape index (κ3) is 5.77. The van der Waals surface area contributed by atoms with Crippen molar-refractivity contribution in [2.24, 2.45) is 0 Å². The third-order valence-corrected chi connectivity index (χ3v) is 5.59. The fraction of sp³-hybridized carbons (Fsp3) is 0.261. The van der Waals surface area contributed by atoms with Crippen molar-refractivity contribution in [2.75, 3.05) is 19.6 Å². The van der Waals surface area contributed by atoms with Gasteiger partial charge in [0.25, 0.3) is 5.69 Å². The van der Waals surface area contributed by atoms with E-state index in [-0.39, 0.29) is 35.8 Å². The maximum atomic E-state index is 12.7. The van der Waals surface area contributed by atoms with Gasteiger partial charge in [-0.2, -0.15) is 0 Å². The summed E-state index contributed by atoms with van der Waals surface area (Å²) in [7, 11) is 0. The fourth-order valence-electron chi connectivity index (χ4n) is 3.78. The molecule has 1 heterocycles. The van der Waals surface area contributed by atoms with Gasteiger partial charge in [0.15, 0.2) is 5.78 Å². The number of ketones is 1. The van der Waals surface area contributed by atoms with Gasteiger partial charge in [0, 0.05) is 35.0 Å². The van der Waals surface area contributed by atoms with Crippen LogP contribution in [0.2, 0.25) is 5.02 Å². The number of aliphatic carboxylic acids is 1. The Bertz CT molecular complexity index is 1170. The highest BCUT2D eigenvalue weighted by atomic mass is 35.5. The van der Waals surface area contributed by atoms with Crippen molar-refractivity contribution >= 4 is 35.1 Å². The van der Waals surface area contributed by atoms with Crippen molar-refractivity contribution in [3.05, 3.63) is 86.1 Å². The van der Waals surface area contributed by atoms with E-state index in [1.165, 1.54) is 30.0 Å². The highest BCUT2D eigenvalue weighted by Crippen LogP contribution is 2.35. The van der Waals surface area contributed by atoms with Crippen LogP contribution in [0, 0.1) is 10.1 Å². The maximum Gasteiger partial charge on any atom is 0.335 e. The van der Waals surface area contributed by atoms with Gasteiger partial charge < -0.3 is 20.6 Å². The molecule has 0 saturated heterocycles. The summed E-state index contributed by atoms with van der Waals surface area (Å²) in [6.07, 6.45) is 0.410. The number of Topliss-reactive ketones (excluding diaryl/α,β-unsaturated/α-hetero) is 1. The van der Waals surface area contributed by atoms with Crippen LogP contribution in [-0.2, 0) is 4.79 Å². The van der Waals surface area contributed by atoms with Crippen LogP contribution >= 0.6 is 11.6 Å². The Morgan fingerprint density at radius 2 is 1.97 bits per heavy atom. The van der Waals surface area contributed by atoms with E-state index in [0.29, 0.717) is 29.1 Å². The number of benzene rings is 2. The Labute approximate surface area is 200 Å². The summed E-state index contributed by atoms with van der Waals surface area (Å²) in [5, 5.41) is 27.0. The summed E-state index contributed by atoms with van der Waals surface area (Å²) in [6.45, 7) is 2.08. The van der Waals surface area contributed by atoms with E-state index in [2.05, 4.69) is 10.6 Å². The molecule has 0 aromatic heterocycles. The molecular formula is C23H23ClN4O6. The summed E-state index contributed by atoms with van der Waals surface area (Å²) in [5.74, 6) is -1.37. The molecular weight excluding hydrogens is 464 g/mol. The third-order valence-electron chi connectivity index (χ3n) is 5.36. The van der Waals surface area contributed by atoms with E-state index in [4.69, 9.17) is 11.6 Å². The van der Waals surface area contributed by atoms with Gasteiger partial charge in [-0.3, -0.25) is 14.9 Å². The molecule has 0 radical (unpaired) electrons. The Morgan fingerprint density at radius 3 is 2.65 bits per heavy atom. The lowest BCUT2D eigenvalue weighted by Gasteiger charge is -2.37. The molecule has 3 N–H and O–H groups in total. The molecule has 11 heteroatoms. The average molecular weight is 487 g/mol. The van der Waals surface area contributed by atoms with Gasteiger partial charge in [-0.25, -0.2) is 9.59 Å². The van der Waals surface area contributed by atoms with E-state index in [1.54, 1.807) is 30.3 Å². The Morgan fingerprint density at radius 1 is 1.24 bits per heavy atom. The number of allylic oxidation sites excluding steroid dienone is 1. The first-order chi connectivity index (χ1) is 16.2. The monoisotopic (exact) mass is 486 g/mol. The van der Waals surface area contributed by atoms with Crippen molar-refractivity contribution in [1.82, 2.24) is 15.5 Å². The summed E-state index contributed by atoms with van der Waals surface area (Å²) in [4.78, 5) is 49.0. The van der Waals surface area contributed by atoms with Crippen LogP contribution < -0.4 is 10.6 Å². The molecule has 2 aromatic carbocycles. The molecule has 34 heavy (non-hydrogen) atoms.